The Morgan fingerprint density at radius 2 is 0.538 bits per heavy atom. The number of aromatic nitrogens is 3. The lowest BCUT2D eigenvalue weighted by Crippen LogP contribution is -1.95. The van der Waals surface area contributed by atoms with E-state index in [4.69, 9.17) is 0 Å². The Kier molecular flexibility index (Phi) is 5.65. The molecular weight excluding hydrogens is 651 g/mol. The zero-order valence-electron chi connectivity index (χ0n) is 28.0. The van der Waals surface area contributed by atoms with Crippen LogP contribution in [0.5, 0.6) is 0 Å². The molecule has 4 heterocycles. The van der Waals surface area contributed by atoms with Gasteiger partial charge in [0, 0.05) is 69.6 Å². The van der Waals surface area contributed by atoms with Crippen molar-refractivity contribution < 1.29 is 0 Å². The molecule has 0 aliphatic carbocycles. The molecule has 0 fully saturated rings. The van der Waals surface area contributed by atoms with Crippen LogP contribution in [0.1, 0.15) is 0 Å². The van der Waals surface area contributed by atoms with Gasteiger partial charge in [0.15, 0.2) is 0 Å². The van der Waals surface area contributed by atoms with E-state index in [-0.39, 0.29) is 0 Å². The number of fused-ring (bicyclic) bond motifs is 12. The van der Waals surface area contributed by atoms with Crippen molar-refractivity contribution in [3.63, 3.8) is 0 Å². The standard InChI is InChI=1S/C48H29N3S/c1-6-16-41-33(11-1)34-12-2-7-17-42(34)49(41)30-21-24-46-38(27-30)37-15-5-10-20-45(37)51(46)32-23-26-48-40(29-32)39-28-31(22-25-47(39)52-48)50-43-18-8-3-13-35(43)36-14-4-9-19-44(36)50/h1-29H. The SMILES string of the molecule is c1ccc2c(c1)c1ccccc1n2-c1ccc2sc3ccc(-n4c5ccccc5c5cc(-n6c7ccccc7c7ccccc76)ccc54)cc3c2c1. The minimum absolute atomic E-state index is 1.17. The molecule has 12 aromatic rings. The Hall–Kier alpha value is -6.62. The third-order valence-corrected chi connectivity index (χ3v) is 12.2. The molecule has 0 atom stereocenters. The van der Waals surface area contributed by atoms with Crippen LogP contribution in [0.3, 0.4) is 0 Å². The third-order valence-electron chi connectivity index (χ3n) is 11.0. The number of hydrogen-bond donors (Lipinski definition) is 0. The van der Waals surface area contributed by atoms with Gasteiger partial charge in [-0.2, -0.15) is 0 Å². The van der Waals surface area contributed by atoms with Crippen LogP contribution in [0.4, 0.5) is 0 Å². The Morgan fingerprint density at radius 3 is 0.923 bits per heavy atom. The van der Waals surface area contributed by atoms with E-state index < -0.39 is 0 Å². The van der Waals surface area contributed by atoms with Gasteiger partial charge in [-0.25, -0.2) is 0 Å². The highest BCUT2D eigenvalue weighted by atomic mass is 32.1. The Morgan fingerprint density at radius 1 is 0.250 bits per heavy atom. The first-order valence-electron chi connectivity index (χ1n) is 17.8. The molecule has 242 valence electrons. The first-order valence-corrected chi connectivity index (χ1v) is 18.6. The van der Waals surface area contributed by atoms with Gasteiger partial charge in [0.05, 0.1) is 33.1 Å². The summed E-state index contributed by atoms with van der Waals surface area (Å²) in [6.45, 7) is 0. The van der Waals surface area contributed by atoms with Crippen molar-refractivity contribution in [2.45, 2.75) is 0 Å². The summed E-state index contributed by atoms with van der Waals surface area (Å²) >= 11 is 1.87. The maximum atomic E-state index is 2.44. The number of thiophene rings is 1. The van der Waals surface area contributed by atoms with E-state index in [0.717, 1.165) is 0 Å². The molecule has 0 amide bonds. The molecule has 0 N–H and O–H groups in total. The molecule has 12 rings (SSSR count). The number of hydrogen-bond acceptors (Lipinski definition) is 1. The van der Waals surface area contributed by atoms with Crippen molar-refractivity contribution in [1.82, 2.24) is 13.7 Å². The largest absolute Gasteiger partial charge is 0.309 e. The van der Waals surface area contributed by atoms with Gasteiger partial charge >= 0.3 is 0 Å². The molecule has 0 saturated heterocycles. The molecule has 52 heavy (non-hydrogen) atoms. The smallest absolute Gasteiger partial charge is 0.0542 e. The van der Waals surface area contributed by atoms with Gasteiger partial charge in [-0.15, -0.1) is 11.3 Å². The monoisotopic (exact) mass is 679 g/mol. The number of rotatable bonds is 3. The predicted molar refractivity (Wildman–Crippen MR) is 222 cm³/mol. The first-order chi connectivity index (χ1) is 25.8. The van der Waals surface area contributed by atoms with Crippen LogP contribution in [-0.2, 0) is 0 Å². The number of benzene rings is 8. The lowest BCUT2D eigenvalue weighted by molar-refractivity contribution is 1.17. The van der Waals surface area contributed by atoms with Crippen molar-refractivity contribution in [2.24, 2.45) is 0 Å². The van der Waals surface area contributed by atoms with Crippen LogP contribution < -0.4 is 0 Å². The molecule has 0 aliphatic heterocycles. The molecule has 0 aliphatic rings. The molecule has 0 bridgehead atoms. The normalized spacial score (nSPS) is 12.2. The van der Waals surface area contributed by atoms with E-state index in [2.05, 4.69) is 190 Å². The summed E-state index contributed by atoms with van der Waals surface area (Å²) in [4.78, 5) is 0. The average molecular weight is 680 g/mol. The maximum Gasteiger partial charge on any atom is 0.0542 e. The van der Waals surface area contributed by atoms with Gasteiger partial charge in [0.2, 0.25) is 0 Å². The number of nitrogens with zero attached hydrogens (tertiary/aromatic N) is 3. The molecule has 0 spiro atoms. The van der Waals surface area contributed by atoms with Crippen LogP contribution in [0.2, 0.25) is 0 Å². The van der Waals surface area contributed by atoms with E-state index >= 15 is 0 Å². The van der Waals surface area contributed by atoms with Crippen LogP contribution >= 0.6 is 11.3 Å². The zero-order chi connectivity index (χ0) is 33.9. The molecule has 0 radical (unpaired) electrons. The summed E-state index contributed by atoms with van der Waals surface area (Å²) in [5.41, 5.74) is 10.9. The average Bonchev–Trinajstić information content (AvgIpc) is 3.93. The van der Waals surface area contributed by atoms with E-state index in [1.165, 1.54) is 103 Å². The third kappa shape index (κ3) is 3.79. The molecular formula is C48H29N3S. The fourth-order valence-electron chi connectivity index (χ4n) is 8.81. The van der Waals surface area contributed by atoms with Gasteiger partial charge in [-0.05, 0) is 84.9 Å². The predicted octanol–water partition coefficient (Wildman–Crippen LogP) is 13.3. The molecule has 0 unspecified atom stereocenters. The van der Waals surface area contributed by atoms with Crippen molar-refractivity contribution in [1.29, 1.82) is 0 Å². The lowest BCUT2D eigenvalue weighted by atomic mass is 10.1. The fourth-order valence-corrected chi connectivity index (χ4v) is 9.88. The summed E-state index contributed by atoms with van der Waals surface area (Å²) in [5.74, 6) is 0. The molecule has 0 saturated carbocycles. The van der Waals surface area contributed by atoms with Crippen molar-refractivity contribution in [3.05, 3.63) is 176 Å². The van der Waals surface area contributed by atoms with Crippen LogP contribution in [-0.4, -0.2) is 13.7 Å². The minimum atomic E-state index is 1.17. The second-order valence-corrected chi connectivity index (χ2v) is 14.8. The molecule has 8 aromatic carbocycles. The van der Waals surface area contributed by atoms with Gasteiger partial charge < -0.3 is 13.7 Å². The van der Waals surface area contributed by atoms with Gasteiger partial charge in [0.25, 0.3) is 0 Å². The lowest BCUT2D eigenvalue weighted by Gasteiger charge is -2.11. The van der Waals surface area contributed by atoms with Crippen molar-refractivity contribution >= 4 is 96.9 Å². The van der Waals surface area contributed by atoms with E-state index in [9.17, 15) is 0 Å². The highest BCUT2D eigenvalue weighted by Crippen LogP contribution is 2.41. The fraction of sp³-hybridized carbons (Fsp3) is 0. The summed E-state index contributed by atoms with van der Waals surface area (Å²) < 4.78 is 9.87. The molecule has 4 aromatic heterocycles. The summed E-state index contributed by atoms with van der Waals surface area (Å²) in [6.07, 6.45) is 0. The van der Waals surface area contributed by atoms with Crippen molar-refractivity contribution in [2.75, 3.05) is 0 Å². The minimum Gasteiger partial charge on any atom is -0.309 e. The number of para-hydroxylation sites is 5. The van der Waals surface area contributed by atoms with Gasteiger partial charge in [-0.3, -0.25) is 0 Å². The Balaban J connectivity index is 1.07. The Bertz CT molecular complexity index is 3320. The zero-order valence-corrected chi connectivity index (χ0v) is 28.8. The first kappa shape index (κ1) is 28.1. The van der Waals surface area contributed by atoms with Crippen LogP contribution in [0, 0.1) is 0 Å². The van der Waals surface area contributed by atoms with Crippen molar-refractivity contribution in [3.8, 4) is 17.1 Å². The summed E-state index contributed by atoms with van der Waals surface area (Å²) in [6, 6.07) is 64.7. The highest BCUT2D eigenvalue weighted by molar-refractivity contribution is 7.25. The second kappa shape index (κ2) is 10.5. The molecule has 3 nitrogen and oxygen atoms in total. The maximum absolute atomic E-state index is 2.44. The second-order valence-electron chi connectivity index (χ2n) is 13.8. The quantitative estimate of drug-likeness (QED) is 0.177. The summed E-state index contributed by atoms with van der Waals surface area (Å²) in [5, 5.41) is 10.2. The molecule has 4 heteroatoms. The van der Waals surface area contributed by atoms with Crippen LogP contribution in [0.25, 0.3) is 103 Å². The topological polar surface area (TPSA) is 14.8 Å². The van der Waals surface area contributed by atoms with Crippen LogP contribution in [0.15, 0.2) is 176 Å². The van der Waals surface area contributed by atoms with Gasteiger partial charge in [0.1, 0.15) is 0 Å². The van der Waals surface area contributed by atoms with E-state index in [0.29, 0.717) is 0 Å². The van der Waals surface area contributed by atoms with Gasteiger partial charge in [-0.1, -0.05) is 91.0 Å². The highest BCUT2D eigenvalue weighted by Gasteiger charge is 2.18. The van der Waals surface area contributed by atoms with E-state index in [1.807, 2.05) is 11.3 Å². The Labute approximate surface area is 302 Å². The van der Waals surface area contributed by atoms with E-state index in [1.54, 1.807) is 0 Å². The summed E-state index contributed by atoms with van der Waals surface area (Å²) in [7, 11) is 0.